The minimum Gasteiger partial charge on any atom is -0.508 e. The van der Waals surface area contributed by atoms with Gasteiger partial charge >= 0.3 is 0 Å². The van der Waals surface area contributed by atoms with Crippen molar-refractivity contribution >= 4 is 21.4 Å². The van der Waals surface area contributed by atoms with Gasteiger partial charge in [-0.2, -0.15) is 0 Å². The average Bonchev–Trinajstić information content (AvgIpc) is 2.34. The molecule has 0 unspecified atom stereocenters. The van der Waals surface area contributed by atoms with Crippen molar-refractivity contribution in [1.82, 2.24) is 0 Å². The Balaban J connectivity index is 2.34. The number of nitrogen functional groups attached to an aromatic ring is 1. The van der Waals surface area contributed by atoms with Crippen molar-refractivity contribution in [1.29, 1.82) is 0 Å². The van der Waals surface area contributed by atoms with Crippen molar-refractivity contribution in [2.24, 2.45) is 0 Å². The highest BCUT2D eigenvalue weighted by Crippen LogP contribution is 2.25. The van der Waals surface area contributed by atoms with Crippen molar-refractivity contribution in [3.8, 4) is 5.75 Å². The Hall–Kier alpha value is -2.21. The van der Waals surface area contributed by atoms with E-state index in [9.17, 15) is 13.5 Å². The Labute approximate surface area is 105 Å². The largest absolute Gasteiger partial charge is 0.508 e. The van der Waals surface area contributed by atoms with Gasteiger partial charge in [-0.15, -0.1) is 0 Å². The molecule has 0 aliphatic rings. The molecule has 2 aromatic rings. The number of benzene rings is 2. The van der Waals surface area contributed by atoms with Crippen LogP contribution in [-0.4, -0.2) is 13.5 Å². The zero-order valence-corrected chi connectivity index (χ0v) is 10.2. The van der Waals surface area contributed by atoms with Crippen LogP contribution in [0, 0.1) is 0 Å². The van der Waals surface area contributed by atoms with E-state index < -0.39 is 10.0 Å². The summed E-state index contributed by atoms with van der Waals surface area (Å²) in [4.78, 5) is 0.150. The fraction of sp³-hybridized carbons (Fsp3) is 0. The Morgan fingerprint density at radius 1 is 1.06 bits per heavy atom. The van der Waals surface area contributed by atoms with Gasteiger partial charge in [-0.25, -0.2) is 8.42 Å². The highest BCUT2D eigenvalue weighted by Gasteiger charge is 2.14. The lowest BCUT2D eigenvalue weighted by Crippen LogP contribution is -2.13. The van der Waals surface area contributed by atoms with Crippen LogP contribution in [0.4, 0.5) is 11.4 Å². The number of nitrogens with two attached hydrogens (primary N) is 1. The van der Waals surface area contributed by atoms with E-state index in [4.69, 9.17) is 5.73 Å². The van der Waals surface area contributed by atoms with Crippen LogP contribution in [0.2, 0.25) is 0 Å². The van der Waals surface area contributed by atoms with Gasteiger partial charge in [-0.1, -0.05) is 18.2 Å². The number of hydrogen-bond acceptors (Lipinski definition) is 4. The predicted molar refractivity (Wildman–Crippen MR) is 69.8 cm³/mol. The number of aromatic hydroxyl groups is 1. The number of nitrogens with one attached hydrogen (secondary N) is 1. The molecule has 2 rings (SSSR count). The summed E-state index contributed by atoms with van der Waals surface area (Å²) < 4.78 is 26.4. The lowest BCUT2D eigenvalue weighted by Gasteiger charge is -2.10. The van der Waals surface area contributed by atoms with E-state index in [0.29, 0.717) is 0 Å². The first kappa shape index (κ1) is 12.3. The van der Waals surface area contributed by atoms with Crippen molar-refractivity contribution in [2.45, 2.75) is 4.90 Å². The summed E-state index contributed by atoms with van der Waals surface area (Å²) >= 11 is 0. The van der Waals surface area contributed by atoms with E-state index in [2.05, 4.69) is 4.72 Å². The fourth-order valence-electron chi connectivity index (χ4n) is 1.45. The van der Waals surface area contributed by atoms with E-state index in [1.165, 1.54) is 30.3 Å². The van der Waals surface area contributed by atoms with Crippen LogP contribution in [0.25, 0.3) is 0 Å². The molecule has 4 N–H and O–H groups in total. The van der Waals surface area contributed by atoms with Gasteiger partial charge in [0.15, 0.2) is 0 Å². The molecule has 5 nitrogen and oxygen atoms in total. The van der Waals surface area contributed by atoms with Crippen LogP contribution >= 0.6 is 0 Å². The van der Waals surface area contributed by atoms with E-state index in [1.807, 2.05) is 0 Å². The molecule has 6 heteroatoms. The smallest absolute Gasteiger partial charge is 0.261 e. The minimum absolute atomic E-state index is 0.0184. The van der Waals surface area contributed by atoms with Crippen molar-refractivity contribution < 1.29 is 13.5 Å². The second kappa shape index (κ2) is 4.58. The lowest BCUT2D eigenvalue weighted by molar-refractivity contribution is 0.475. The third kappa shape index (κ3) is 2.54. The van der Waals surface area contributed by atoms with E-state index in [0.717, 1.165) is 0 Å². The molecule has 0 aromatic heterocycles. The minimum atomic E-state index is -3.66. The third-order valence-electron chi connectivity index (χ3n) is 2.33. The molecule has 0 spiro atoms. The molecule has 2 aromatic carbocycles. The molecule has 0 saturated carbocycles. The number of phenolic OH excluding ortho intramolecular Hbond substituents is 1. The van der Waals surface area contributed by atoms with Gasteiger partial charge in [-0.3, -0.25) is 4.72 Å². The van der Waals surface area contributed by atoms with Gasteiger partial charge in [0.05, 0.1) is 16.3 Å². The second-order valence-electron chi connectivity index (χ2n) is 3.69. The topological polar surface area (TPSA) is 92.4 Å². The normalized spacial score (nSPS) is 11.1. The quantitative estimate of drug-likeness (QED) is 0.582. The van der Waals surface area contributed by atoms with Gasteiger partial charge in [0.1, 0.15) is 5.75 Å². The van der Waals surface area contributed by atoms with E-state index in [-0.39, 0.29) is 22.0 Å². The first-order valence-corrected chi connectivity index (χ1v) is 6.64. The van der Waals surface area contributed by atoms with Gasteiger partial charge in [0, 0.05) is 6.07 Å². The van der Waals surface area contributed by atoms with Crippen LogP contribution in [0.5, 0.6) is 5.75 Å². The Bertz CT molecular complexity index is 654. The molecular weight excluding hydrogens is 252 g/mol. The zero-order valence-electron chi connectivity index (χ0n) is 9.37. The molecule has 0 atom stereocenters. The molecule has 0 radical (unpaired) electrons. The first-order chi connectivity index (χ1) is 8.49. The molecule has 0 saturated heterocycles. The summed E-state index contributed by atoms with van der Waals surface area (Å²) in [5.41, 5.74) is 6.01. The fourth-order valence-corrected chi connectivity index (χ4v) is 2.56. The predicted octanol–water partition coefficient (Wildman–Crippen LogP) is 1.78. The van der Waals surface area contributed by atoms with Crippen LogP contribution < -0.4 is 10.5 Å². The Morgan fingerprint density at radius 2 is 1.72 bits per heavy atom. The second-order valence-corrected chi connectivity index (χ2v) is 5.37. The third-order valence-corrected chi connectivity index (χ3v) is 3.71. The summed E-state index contributed by atoms with van der Waals surface area (Å²) in [5.74, 6) is -0.0184. The number of anilines is 2. The number of rotatable bonds is 3. The number of hydrogen-bond donors (Lipinski definition) is 3. The van der Waals surface area contributed by atoms with Crippen molar-refractivity contribution in [2.75, 3.05) is 10.5 Å². The maximum absolute atomic E-state index is 12.0. The lowest BCUT2D eigenvalue weighted by atomic mass is 10.2. The van der Waals surface area contributed by atoms with Crippen molar-refractivity contribution in [3.63, 3.8) is 0 Å². The Morgan fingerprint density at radius 3 is 2.33 bits per heavy atom. The molecule has 0 bridgehead atoms. The van der Waals surface area contributed by atoms with Gasteiger partial charge in [0.25, 0.3) is 10.0 Å². The highest BCUT2D eigenvalue weighted by atomic mass is 32.2. The van der Waals surface area contributed by atoms with Crippen molar-refractivity contribution in [3.05, 3.63) is 48.5 Å². The van der Waals surface area contributed by atoms with E-state index in [1.54, 1.807) is 18.2 Å². The molecule has 0 amide bonds. The molecule has 0 heterocycles. The molecule has 94 valence electrons. The van der Waals surface area contributed by atoms with Gasteiger partial charge in [0.2, 0.25) is 0 Å². The standard InChI is InChI=1S/C12H12N2O3S/c13-11-8-9(15)6-7-12(11)14-18(16,17)10-4-2-1-3-5-10/h1-8,14-15H,13H2. The summed E-state index contributed by atoms with van der Waals surface area (Å²) in [6, 6.07) is 12.0. The number of sulfonamides is 1. The summed E-state index contributed by atoms with van der Waals surface area (Å²) in [7, 11) is -3.66. The molecule has 0 aliphatic carbocycles. The SMILES string of the molecule is Nc1cc(O)ccc1NS(=O)(=O)c1ccccc1. The number of phenols is 1. The van der Waals surface area contributed by atoms with Crippen LogP contribution in [0.15, 0.2) is 53.4 Å². The summed E-state index contributed by atoms with van der Waals surface area (Å²) in [6.07, 6.45) is 0. The van der Waals surface area contributed by atoms with Crippen LogP contribution in [0.1, 0.15) is 0 Å². The molecular formula is C12H12N2O3S. The molecule has 0 fully saturated rings. The molecule has 18 heavy (non-hydrogen) atoms. The van der Waals surface area contributed by atoms with Gasteiger partial charge in [-0.05, 0) is 24.3 Å². The van der Waals surface area contributed by atoms with Gasteiger partial charge < -0.3 is 10.8 Å². The van der Waals surface area contributed by atoms with Crippen LogP contribution in [0.3, 0.4) is 0 Å². The molecule has 0 aliphatic heterocycles. The zero-order chi connectivity index (χ0) is 13.2. The average molecular weight is 264 g/mol. The monoisotopic (exact) mass is 264 g/mol. The summed E-state index contributed by atoms with van der Waals surface area (Å²) in [6.45, 7) is 0. The highest BCUT2D eigenvalue weighted by molar-refractivity contribution is 7.92. The summed E-state index contributed by atoms with van der Waals surface area (Å²) in [5, 5.41) is 9.20. The first-order valence-electron chi connectivity index (χ1n) is 5.15. The Kier molecular flexibility index (Phi) is 3.12. The van der Waals surface area contributed by atoms with E-state index >= 15 is 0 Å². The van der Waals surface area contributed by atoms with Crippen LogP contribution in [-0.2, 0) is 10.0 Å². The maximum atomic E-state index is 12.0. The maximum Gasteiger partial charge on any atom is 0.261 e.